The molecule has 4 nitrogen and oxygen atoms in total. The summed E-state index contributed by atoms with van der Waals surface area (Å²) in [5, 5.41) is 0. The number of hydrogen-bond donors (Lipinski definition) is 1. The van der Waals surface area contributed by atoms with Crippen molar-refractivity contribution in [3.8, 4) is 0 Å². The van der Waals surface area contributed by atoms with E-state index in [1.54, 1.807) is 0 Å². The highest BCUT2D eigenvalue weighted by Crippen LogP contribution is 2.28. The first-order valence-corrected chi connectivity index (χ1v) is 7.16. The zero-order valence-corrected chi connectivity index (χ0v) is 12.9. The molecule has 17 heavy (non-hydrogen) atoms. The van der Waals surface area contributed by atoms with Crippen LogP contribution < -0.4 is 10.6 Å². The number of rotatable bonds is 2. The van der Waals surface area contributed by atoms with Crippen molar-refractivity contribution in [1.82, 2.24) is 9.88 Å². The third kappa shape index (κ3) is 2.99. The Kier molecular flexibility index (Phi) is 4.41. The number of nitrogens with two attached hydrogens (primary N) is 1. The van der Waals surface area contributed by atoms with Crippen molar-refractivity contribution >= 4 is 37.7 Å². The van der Waals surface area contributed by atoms with Crippen LogP contribution in [0.5, 0.6) is 0 Å². The van der Waals surface area contributed by atoms with E-state index in [1.807, 2.05) is 12.3 Å². The predicted molar refractivity (Wildman–Crippen MR) is 77.3 cm³/mol. The van der Waals surface area contributed by atoms with E-state index in [0.29, 0.717) is 12.6 Å². The molecule has 2 heterocycles. The average Bonchev–Trinajstić information content (AvgIpc) is 2.30. The van der Waals surface area contributed by atoms with Crippen LogP contribution in [0.3, 0.4) is 0 Å². The fourth-order valence-electron chi connectivity index (χ4n) is 2.11. The van der Waals surface area contributed by atoms with E-state index in [9.17, 15) is 0 Å². The largest absolute Gasteiger partial charge is 0.349 e. The van der Waals surface area contributed by atoms with Gasteiger partial charge in [0.25, 0.3) is 0 Å². The Hall–Kier alpha value is -0.170. The summed E-state index contributed by atoms with van der Waals surface area (Å²) in [5.41, 5.74) is 5.85. The van der Waals surface area contributed by atoms with E-state index in [2.05, 4.69) is 53.7 Å². The second-order valence-corrected chi connectivity index (χ2v) is 6.07. The molecule has 0 amide bonds. The van der Waals surface area contributed by atoms with Gasteiger partial charge in [0, 0.05) is 36.8 Å². The lowest BCUT2D eigenvalue weighted by atomic mass is 10.1. The number of hydrogen-bond acceptors (Lipinski definition) is 4. The van der Waals surface area contributed by atoms with Crippen LogP contribution in [0.15, 0.2) is 21.2 Å². The highest BCUT2D eigenvalue weighted by molar-refractivity contribution is 9.11. The van der Waals surface area contributed by atoms with Crippen LogP contribution in [0.1, 0.15) is 0 Å². The molecule has 0 saturated carbocycles. The summed E-state index contributed by atoms with van der Waals surface area (Å²) in [6.45, 7) is 3.64. The molecule has 1 fully saturated rings. The van der Waals surface area contributed by atoms with Crippen LogP contribution in [-0.2, 0) is 0 Å². The van der Waals surface area contributed by atoms with Crippen LogP contribution in [-0.4, -0.2) is 49.2 Å². The van der Waals surface area contributed by atoms with Gasteiger partial charge in [-0.1, -0.05) is 0 Å². The number of pyridine rings is 1. The van der Waals surface area contributed by atoms with E-state index >= 15 is 0 Å². The zero-order valence-electron chi connectivity index (χ0n) is 9.74. The van der Waals surface area contributed by atoms with Crippen LogP contribution in [0.25, 0.3) is 0 Å². The predicted octanol–water partition coefficient (Wildman–Crippen LogP) is 1.69. The number of halogens is 2. The van der Waals surface area contributed by atoms with Gasteiger partial charge in [0.2, 0.25) is 0 Å². The quantitative estimate of drug-likeness (QED) is 0.868. The van der Waals surface area contributed by atoms with Gasteiger partial charge in [0.15, 0.2) is 0 Å². The lowest BCUT2D eigenvalue weighted by molar-refractivity contribution is 0.268. The summed E-state index contributed by atoms with van der Waals surface area (Å²) in [6.07, 6.45) is 1.83. The molecular formula is C11H16Br2N4. The lowest BCUT2D eigenvalue weighted by Gasteiger charge is -2.40. The molecule has 1 unspecified atom stereocenters. The maximum Gasteiger partial charge on any atom is 0.143 e. The Morgan fingerprint density at radius 3 is 2.88 bits per heavy atom. The highest BCUT2D eigenvalue weighted by Gasteiger charge is 2.26. The zero-order chi connectivity index (χ0) is 12.4. The van der Waals surface area contributed by atoms with Gasteiger partial charge in [-0.15, -0.1) is 0 Å². The number of anilines is 1. The van der Waals surface area contributed by atoms with Crippen molar-refractivity contribution in [1.29, 1.82) is 0 Å². The molecule has 1 aliphatic heterocycles. The van der Waals surface area contributed by atoms with Gasteiger partial charge in [-0.05, 0) is 45.0 Å². The van der Waals surface area contributed by atoms with Gasteiger partial charge >= 0.3 is 0 Å². The van der Waals surface area contributed by atoms with Crippen molar-refractivity contribution in [3.05, 3.63) is 21.2 Å². The van der Waals surface area contributed by atoms with E-state index < -0.39 is 0 Å². The molecular weight excluding hydrogens is 348 g/mol. The first-order chi connectivity index (χ1) is 8.11. The fourth-order valence-corrected chi connectivity index (χ4v) is 3.33. The molecule has 0 radical (unpaired) electrons. The van der Waals surface area contributed by atoms with Crippen molar-refractivity contribution in [2.45, 2.75) is 6.04 Å². The number of aromatic nitrogens is 1. The molecule has 0 aliphatic carbocycles. The van der Waals surface area contributed by atoms with Crippen LogP contribution in [0.2, 0.25) is 0 Å². The summed E-state index contributed by atoms with van der Waals surface area (Å²) in [4.78, 5) is 9.08. The highest BCUT2D eigenvalue weighted by atomic mass is 79.9. The Labute approximate surface area is 118 Å². The molecule has 0 aromatic carbocycles. The smallest absolute Gasteiger partial charge is 0.143 e. The third-order valence-corrected chi connectivity index (χ3v) is 4.04. The maximum absolute atomic E-state index is 5.85. The summed E-state index contributed by atoms with van der Waals surface area (Å²) in [5.74, 6) is 0.983. The van der Waals surface area contributed by atoms with E-state index in [1.165, 1.54) is 0 Å². The Morgan fingerprint density at radius 1 is 1.47 bits per heavy atom. The van der Waals surface area contributed by atoms with Gasteiger partial charge in [0.05, 0.1) is 10.5 Å². The molecule has 2 rings (SSSR count). The van der Waals surface area contributed by atoms with E-state index in [-0.39, 0.29) is 0 Å². The van der Waals surface area contributed by atoms with Gasteiger partial charge in [0.1, 0.15) is 5.82 Å². The second kappa shape index (κ2) is 5.65. The first kappa shape index (κ1) is 13.3. The molecule has 2 N–H and O–H groups in total. The van der Waals surface area contributed by atoms with Crippen molar-refractivity contribution in [2.75, 3.05) is 38.1 Å². The maximum atomic E-state index is 5.85. The Balaban J connectivity index is 2.25. The Bertz CT molecular complexity index is 399. The van der Waals surface area contributed by atoms with Crippen molar-refractivity contribution in [2.24, 2.45) is 5.73 Å². The monoisotopic (exact) mass is 362 g/mol. The molecule has 1 atom stereocenters. The molecule has 1 aromatic heterocycles. The van der Waals surface area contributed by atoms with Gasteiger partial charge in [-0.2, -0.15) is 0 Å². The molecule has 94 valence electrons. The van der Waals surface area contributed by atoms with E-state index in [0.717, 1.165) is 34.4 Å². The average molecular weight is 364 g/mol. The summed E-state index contributed by atoms with van der Waals surface area (Å²) in [7, 11) is 2.13. The normalized spacial score (nSPS) is 21.9. The third-order valence-electron chi connectivity index (χ3n) is 3.02. The minimum Gasteiger partial charge on any atom is -0.349 e. The topological polar surface area (TPSA) is 45.4 Å². The number of likely N-dealkylation sites (N-methyl/N-ethyl adjacent to an activating group) is 1. The number of piperazine rings is 1. The van der Waals surface area contributed by atoms with E-state index in [4.69, 9.17) is 5.73 Å². The molecule has 1 aromatic rings. The summed E-state index contributed by atoms with van der Waals surface area (Å²) >= 11 is 6.98. The molecule has 6 heteroatoms. The Morgan fingerprint density at radius 2 is 2.24 bits per heavy atom. The number of nitrogens with zero attached hydrogens (tertiary/aromatic N) is 3. The van der Waals surface area contributed by atoms with Crippen LogP contribution in [0, 0.1) is 0 Å². The molecule has 0 bridgehead atoms. The fraction of sp³-hybridized carbons (Fsp3) is 0.545. The SMILES string of the molecule is CN1CCN(c2ncc(Br)cc2Br)C(CN)C1. The van der Waals surface area contributed by atoms with Gasteiger partial charge < -0.3 is 15.5 Å². The molecule has 0 spiro atoms. The van der Waals surface area contributed by atoms with Crippen LogP contribution in [0.4, 0.5) is 5.82 Å². The summed E-state index contributed by atoms with van der Waals surface area (Å²) in [6, 6.07) is 2.35. The molecule has 1 saturated heterocycles. The lowest BCUT2D eigenvalue weighted by Crippen LogP contribution is -2.55. The second-order valence-electron chi connectivity index (χ2n) is 4.30. The van der Waals surface area contributed by atoms with Crippen molar-refractivity contribution in [3.63, 3.8) is 0 Å². The van der Waals surface area contributed by atoms with Crippen LogP contribution >= 0.6 is 31.9 Å². The summed E-state index contributed by atoms with van der Waals surface area (Å²) < 4.78 is 1.99. The standard InChI is InChI=1S/C11H16Br2N4/c1-16-2-3-17(9(5-14)7-16)11-10(13)4-8(12)6-15-11/h4,6,9H,2-3,5,7,14H2,1H3. The minimum atomic E-state index is 0.332. The van der Waals surface area contributed by atoms with Crippen molar-refractivity contribution < 1.29 is 0 Å². The first-order valence-electron chi connectivity index (χ1n) is 5.58. The molecule has 1 aliphatic rings. The van der Waals surface area contributed by atoms with Gasteiger partial charge in [-0.3, -0.25) is 0 Å². The minimum absolute atomic E-state index is 0.332. The van der Waals surface area contributed by atoms with Gasteiger partial charge in [-0.25, -0.2) is 4.98 Å².